The molecular formula is C13H18N2O3. The molecule has 1 aromatic heterocycles. The number of carboxylic acid groups (broad SMARTS) is 1. The third-order valence-corrected chi connectivity index (χ3v) is 3.41. The number of aliphatic carboxylic acids is 1. The standard InChI is InChI=1S/C13H18N2O3/c1-3-15(11-4-5-14-6-9(11)2)12-8-18-7-10(12)13(16)17/h4-6,10,12H,3,7-8H2,1-2H3,(H,16,17). The topological polar surface area (TPSA) is 62.7 Å². The van der Waals surface area contributed by atoms with Gasteiger partial charge < -0.3 is 14.7 Å². The zero-order valence-corrected chi connectivity index (χ0v) is 10.7. The number of aromatic nitrogens is 1. The zero-order chi connectivity index (χ0) is 13.1. The van der Waals surface area contributed by atoms with Crippen molar-refractivity contribution in [2.24, 2.45) is 5.92 Å². The van der Waals surface area contributed by atoms with Gasteiger partial charge in [-0.2, -0.15) is 0 Å². The predicted octanol–water partition coefficient (Wildman–Crippen LogP) is 1.32. The Morgan fingerprint density at radius 1 is 1.61 bits per heavy atom. The van der Waals surface area contributed by atoms with Crippen LogP contribution >= 0.6 is 0 Å². The smallest absolute Gasteiger partial charge is 0.311 e. The summed E-state index contributed by atoms with van der Waals surface area (Å²) in [6, 6.07) is 1.82. The Labute approximate surface area is 106 Å². The summed E-state index contributed by atoms with van der Waals surface area (Å²) in [6.45, 7) is 5.52. The van der Waals surface area contributed by atoms with Crippen molar-refractivity contribution < 1.29 is 14.6 Å². The van der Waals surface area contributed by atoms with Crippen molar-refractivity contribution in [3.63, 3.8) is 0 Å². The Hall–Kier alpha value is -1.62. The van der Waals surface area contributed by atoms with Gasteiger partial charge in [0.1, 0.15) is 5.92 Å². The maximum atomic E-state index is 11.2. The average Bonchev–Trinajstić information content (AvgIpc) is 2.82. The van der Waals surface area contributed by atoms with Crippen LogP contribution in [0.4, 0.5) is 5.69 Å². The van der Waals surface area contributed by atoms with Crippen LogP contribution in [0.1, 0.15) is 12.5 Å². The molecule has 2 atom stereocenters. The van der Waals surface area contributed by atoms with Crippen molar-refractivity contribution in [2.75, 3.05) is 24.7 Å². The molecule has 0 aromatic carbocycles. The predicted molar refractivity (Wildman–Crippen MR) is 67.7 cm³/mol. The Kier molecular flexibility index (Phi) is 3.81. The number of rotatable bonds is 4. The van der Waals surface area contributed by atoms with Crippen LogP contribution in [0.5, 0.6) is 0 Å². The Morgan fingerprint density at radius 2 is 2.39 bits per heavy atom. The molecule has 5 heteroatoms. The number of anilines is 1. The lowest BCUT2D eigenvalue weighted by Gasteiger charge is -2.32. The summed E-state index contributed by atoms with van der Waals surface area (Å²) >= 11 is 0. The van der Waals surface area contributed by atoms with Gasteiger partial charge in [-0.25, -0.2) is 0 Å². The highest BCUT2D eigenvalue weighted by atomic mass is 16.5. The number of carbonyl (C=O) groups is 1. The van der Waals surface area contributed by atoms with Gasteiger partial charge in [0.15, 0.2) is 0 Å². The monoisotopic (exact) mass is 250 g/mol. The van der Waals surface area contributed by atoms with Gasteiger partial charge in [0.2, 0.25) is 0 Å². The molecular weight excluding hydrogens is 232 g/mol. The van der Waals surface area contributed by atoms with Crippen LogP contribution in [-0.2, 0) is 9.53 Å². The van der Waals surface area contributed by atoms with Gasteiger partial charge in [0.05, 0.1) is 19.3 Å². The number of likely N-dealkylation sites (N-methyl/N-ethyl adjacent to an activating group) is 1. The number of hydrogen-bond acceptors (Lipinski definition) is 4. The summed E-state index contributed by atoms with van der Waals surface area (Å²) in [5, 5.41) is 9.23. The van der Waals surface area contributed by atoms with Crippen molar-refractivity contribution in [3.8, 4) is 0 Å². The van der Waals surface area contributed by atoms with Gasteiger partial charge in [-0.1, -0.05) is 0 Å². The van der Waals surface area contributed by atoms with Crippen molar-refractivity contribution >= 4 is 11.7 Å². The van der Waals surface area contributed by atoms with E-state index in [1.54, 1.807) is 12.4 Å². The Balaban J connectivity index is 2.29. The molecule has 1 aliphatic heterocycles. The molecule has 0 radical (unpaired) electrons. The molecule has 0 saturated carbocycles. The minimum Gasteiger partial charge on any atom is -0.481 e. The number of nitrogens with zero attached hydrogens (tertiary/aromatic N) is 2. The lowest BCUT2D eigenvalue weighted by Crippen LogP contribution is -2.43. The molecule has 2 unspecified atom stereocenters. The van der Waals surface area contributed by atoms with Crippen LogP contribution in [-0.4, -0.2) is 41.9 Å². The van der Waals surface area contributed by atoms with E-state index in [2.05, 4.69) is 9.88 Å². The van der Waals surface area contributed by atoms with E-state index in [1.165, 1.54) is 0 Å². The molecule has 2 heterocycles. The van der Waals surface area contributed by atoms with Crippen LogP contribution in [0.2, 0.25) is 0 Å². The number of ether oxygens (including phenoxy) is 1. The first-order valence-corrected chi connectivity index (χ1v) is 6.13. The first-order chi connectivity index (χ1) is 8.65. The molecule has 1 aromatic rings. The number of pyridine rings is 1. The van der Waals surface area contributed by atoms with Crippen molar-refractivity contribution in [3.05, 3.63) is 24.0 Å². The molecule has 0 aliphatic carbocycles. The number of hydrogen-bond donors (Lipinski definition) is 1. The van der Waals surface area contributed by atoms with E-state index in [9.17, 15) is 9.90 Å². The van der Waals surface area contributed by atoms with Crippen LogP contribution in [0.3, 0.4) is 0 Å². The normalized spacial score (nSPS) is 23.0. The summed E-state index contributed by atoms with van der Waals surface area (Å²) in [6.07, 6.45) is 3.53. The van der Waals surface area contributed by atoms with E-state index in [0.717, 1.165) is 17.8 Å². The van der Waals surface area contributed by atoms with E-state index in [1.807, 2.05) is 19.9 Å². The molecule has 0 amide bonds. The lowest BCUT2D eigenvalue weighted by molar-refractivity contribution is -0.141. The van der Waals surface area contributed by atoms with Crippen molar-refractivity contribution in [1.29, 1.82) is 0 Å². The fraction of sp³-hybridized carbons (Fsp3) is 0.538. The summed E-state index contributed by atoms with van der Waals surface area (Å²) in [5.74, 6) is -1.25. The minimum absolute atomic E-state index is 0.103. The van der Waals surface area contributed by atoms with E-state index < -0.39 is 11.9 Å². The average molecular weight is 250 g/mol. The second-order valence-corrected chi connectivity index (χ2v) is 4.50. The second kappa shape index (κ2) is 5.35. The molecule has 0 bridgehead atoms. The Bertz CT molecular complexity index is 436. The highest BCUT2D eigenvalue weighted by Gasteiger charge is 2.38. The third kappa shape index (κ3) is 2.31. The van der Waals surface area contributed by atoms with E-state index in [4.69, 9.17) is 4.74 Å². The first kappa shape index (κ1) is 12.8. The minimum atomic E-state index is -0.789. The molecule has 1 saturated heterocycles. The fourth-order valence-corrected chi connectivity index (χ4v) is 2.46. The highest BCUT2D eigenvalue weighted by molar-refractivity contribution is 5.72. The highest BCUT2D eigenvalue weighted by Crippen LogP contribution is 2.27. The lowest BCUT2D eigenvalue weighted by atomic mass is 10.0. The molecule has 2 rings (SSSR count). The molecule has 1 N–H and O–H groups in total. The van der Waals surface area contributed by atoms with E-state index >= 15 is 0 Å². The maximum absolute atomic E-state index is 11.2. The molecule has 18 heavy (non-hydrogen) atoms. The van der Waals surface area contributed by atoms with Crippen LogP contribution in [0.15, 0.2) is 18.5 Å². The van der Waals surface area contributed by atoms with Crippen molar-refractivity contribution in [1.82, 2.24) is 4.98 Å². The van der Waals surface area contributed by atoms with Gasteiger partial charge in [-0.15, -0.1) is 0 Å². The number of carboxylic acids is 1. The molecule has 1 aliphatic rings. The molecule has 5 nitrogen and oxygen atoms in total. The summed E-state index contributed by atoms with van der Waals surface area (Å²) in [4.78, 5) is 17.4. The summed E-state index contributed by atoms with van der Waals surface area (Å²) < 4.78 is 5.34. The maximum Gasteiger partial charge on any atom is 0.311 e. The van der Waals surface area contributed by atoms with E-state index in [0.29, 0.717) is 13.2 Å². The van der Waals surface area contributed by atoms with Crippen molar-refractivity contribution in [2.45, 2.75) is 19.9 Å². The van der Waals surface area contributed by atoms with Gasteiger partial charge in [0, 0.05) is 24.6 Å². The van der Waals surface area contributed by atoms with Crippen LogP contribution in [0.25, 0.3) is 0 Å². The quantitative estimate of drug-likeness (QED) is 0.873. The van der Waals surface area contributed by atoms with Gasteiger partial charge in [-0.05, 0) is 25.5 Å². The SMILES string of the molecule is CCN(c1ccncc1C)C1COCC1C(=O)O. The van der Waals surface area contributed by atoms with Gasteiger partial charge in [-0.3, -0.25) is 9.78 Å². The van der Waals surface area contributed by atoms with Gasteiger partial charge >= 0.3 is 5.97 Å². The second-order valence-electron chi connectivity index (χ2n) is 4.50. The fourth-order valence-electron chi connectivity index (χ4n) is 2.46. The van der Waals surface area contributed by atoms with Gasteiger partial charge in [0.25, 0.3) is 0 Å². The molecule has 98 valence electrons. The molecule has 1 fully saturated rings. The third-order valence-electron chi connectivity index (χ3n) is 3.41. The molecule has 0 spiro atoms. The first-order valence-electron chi connectivity index (χ1n) is 6.13. The Morgan fingerprint density at radius 3 is 3.00 bits per heavy atom. The zero-order valence-electron chi connectivity index (χ0n) is 10.7. The van der Waals surface area contributed by atoms with Crippen LogP contribution < -0.4 is 4.90 Å². The summed E-state index contributed by atoms with van der Waals surface area (Å²) in [7, 11) is 0. The number of aryl methyl sites for hydroxylation is 1. The van der Waals surface area contributed by atoms with Crippen LogP contribution in [0, 0.1) is 12.8 Å². The van der Waals surface area contributed by atoms with E-state index in [-0.39, 0.29) is 6.04 Å². The largest absolute Gasteiger partial charge is 0.481 e. The summed E-state index contributed by atoms with van der Waals surface area (Å²) in [5.41, 5.74) is 2.09.